The molecule has 48 heavy (non-hydrogen) atoms. The van der Waals surface area contributed by atoms with Gasteiger partial charge in [0.2, 0.25) is 23.6 Å². The number of carbonyl (C=O) groups is 4. The average Bonchev–Trinajstić information content (AvgIpc) is 3.09. The molecule has 10 heteroatoms. The molecule has 3 unspecified atom stereocenters. The summed E-state index contributed by atoms with van der Waals surface area (Å²) in [4.78, 5) is 56.7. The molecule has 0 radical (unpaired) electrons. The molecule has 2 aliphatic rings. The van der Waals surface area contributed by atoms with Crippen LogP contribution in [0.15, 0.2) is 72.8 Å². The molecular formula is C38H47N5O5. The molecule has 254 valence electrons. The van der Waals surface area contributed by atoms with E-state index < -0.39 is 29.8 Å². The highest BCUT2D eigenvalue weighted by molar-refractivity contribution is 5.96. The Morgan fingerprint density at radius 2 is 1.79 bits per heavy atom. The molecule has 5 rings (SSSR count). The molecule has 3 aromatic rings. The number of benzene rings is 3. The lowest BCUT2D eigenvalue weighted by molar-refractivity contribution is -0.138. The fourth-order valence-electron chi connectivity index (χ4n) is 6.35. The third-order valence-corrected chi connectivity index (χ3v) is 9.48. The zero-order valence-corrected chi connectivity index (χ0v) is 27.9. The minimum Gasteiger partial charge on any atom is -0.494 e. The van der Waals surface area contributed by atoms with Gasteiger partial charge in [0.1, 0.15) is 17.8 Å². The van der Waals surface area contributed by atoms with E-state index in [-0.39, 0.29) is 30.7 Å². The van der Waals surface area contributed by atoms with Crippen LogP contribution in [0, 0.1) is 12.8 Å². The number of nitrogen functional groups attached to an aromatic ring is 1. The molecule has 2 aliphatic heterocycles. The van der Waals surface area contributed by atoms with Gasteiger partial charge in [-0.05, 0) is 98.4 Å². The third-order valence-electron chi connectivity index (χ3n) is 9.48. The zero-order valence-electron chi connectivity index (χ0n) is 27.9. The molecule has 1 fully saturated rings. The summed E-state index contributed by atoms with van der Waals surface area (Å²) in [5.41, 5.74) is 10.1. The maximum absolute atomic E-state index is 14.0. The van der Waals surface area contributed by atoms with Crippen LogP contribution < -0.4 is 26.4 Å². The molecular weight excluding hydrogens is 606 g/mol. The van der Waals surface area contributed by atoms with Crippen molar-refractivity contribution in [2.45, 2.75) is 76.9 Å². The van der Waals surface area contributed by atoms with Gasteiger partial charge in [0.05, 0.1) is 18.9 Å². The zero-order chi connectivity index (χ0) is 34.0. The second kappa shape index (κ2) is 16.3. The van der Waals surface area contributed by atoms with Gasteiger partial charge >= 0.3 is 0 Å². The van der Waals surface area contributed by atoms with Gasteiger partial charge in [-0.2, -0.15) is 0 Å². The Bertz CT molecular complexity index is 1580. The summed E-state index contributed by atoms with van der Waals surface area (Å²) in [6, 6.07) is 20.5. The summed E-state index contributed by atoms with van der Waals surface area (Å²) in [5.74, 6) is -1.14. The highest BCUT2D eigenvalue weighted by Crippen LogP contribution is 2.24. The van der Waals surface area contributed by atoms with E-state index in [0.717, 1.165) is 47.3 Å². The third kappa shape index (κ3) is 9.36. The number of piperidine rings is 1. The van der Waals surface area contributed by atoms with E-state index in [1.165, 1.54) is 0 Å². The van der Waals surface area contributed by atoms with Crippen molar-refractivity contribution in [1.82, 2.24) is 20.9 Å². The van der Waals surface area contributed by atoms with Crippen LogP contribution in [-0.2, 0) is 32.1 Å². The van der Waals surface area contributed by atoms with Crippen molar-refractivity contribution in [3.63, 3.8) is 0 Å². The van der Waals surface area contributed by atoms with Crippen molar-refractivity contribution in [2.75, 3.05) is 25.4 Å². The average molecular weight is 654 g/mol. The lowest BCUT2D eigenvalue weighted by Crippen LogP contribution is -2.55. The molecule has 3 aromatic carbocycles. The Morgan fingerprint density at radius 1 is 1.02 bits per heavy atom. The topological polar surface area (TPSA) is 143 Å². The maximum atomic E-state index is 14.0. The molecule has 4 bridgehead atoms. The molecule has 0 aliphatic carbocycles. The quantitative estimate of drug-likeness (QED) is 0.296. The molecule has 0 aromatic heterocycles. The van der Waals surface area contributed by atoms with Gasteiger partial charge in [-0.15, -0.1) is 0 Å². The number of anilines is 1. The largest absolute Gasteiger partial charge is 0.494 e. The number of fused-ring (bicyclic) bond motifs is 4. The first-order valence-electron chi connectivity index (χ1n) is 16.9. The van der Waals surface area contributed by atoms with Gasteiger partial charge in [0.15, 0.2) is 0 Å². The Hall–Kier alpha value is -4.86. The van der Waals surface area contributed by atoms with Crippen LogP contribution in [0.5, 0.6) is 5.75 Å². The van der Waals surface area contributed by atoms with Crippen LogP contribution in [0.25, 0.3) is 0 Å². The normalized spacial score (nSPS) is 21.5. The van der Waals surface area contributed by atoms with E-state index in [9.17, 15) is 19.2 Å². The molecule has 10 nitrogen and oxygen atoms in total. The van der Waals surface area contributed by atoms with Crippen molar-refractivity contribution < 1.29 is 23.9 Å². The summed E-state index contributed by atoms with van der Waals surface area (Å²) in [7, 11) is 0. The summed E-state index contributed by atoms with van der Waals surface area (Å²) in [5, 5.41) is 8.75. The Morgan fingerprint density at radius 3 is 2.56 bits per heavy atom. The number of nitrogens with one attached hydrogen (secondary N) is 3. The second-order valence-corrected chi connectivity index (χ2v) is 13.0. The number of amides is 4. The SMILES string of the molecule is Cc1ccc2cc1CNC(=O)C(CCc1ccccc1)NC(=O)[C@@H](NC(=O)C(C)c1ccc(N)cc1)CC(=O)N1CCCC(CCO2)C1. The highest BCUT2D eigenvalue weighted by atomic mass is 16.5. The number of ether oxygens (including phenoxy) is 1. The first-order valence-corrected chi connectivity index (χ1v) is 16.9. The Kier molecular flexibility index (Phi) is 11.7. The van der Waals surface area contributed by atoms with Crippen LogP contribution in [0.2, 0.25) is 0 Å². The predicted molar refractivity (Wildman–Crippen MR) is 185 cm³/mol. The first kappa shape index (κ1) is 34.5. The Balaban J connectivity index is 1.41. The fraction of sp³-hybridized carbons (Fsp3) is 0.421. The molecule has 4 atom stereocenters. The van der Waals surface area contributed by atoms with Crippen molar-refractivity contribution >= 4 is 29.3 Å². The lowest BCUT2D eigenvalue weighted by Gasteiger charge is -2.34. The van der Waals surface area contributed by atoms with E-state index in [0.29, 0.717) is 38.2 Å². The van der Waals surface area contributed by atoms with Gasteiger partial charge in [0.25, 0.3) is 0 Å². The van der Waals surface area contributed by atoms with Crippen molar-refractivity contribution in [1.29, 1.82) is 0 Å². The van der Waals surface area contributed by atoms with Crippen LogP contribution >= 0.6 is 0 Å². The van der Waals surface area contributed by atoms with E-state index in [2.05, 4.69) is 16.0 Å². The number of hydrogen-bond acceptors (Lipinski definition) is 6. The molecule has 2 heterocycles. The molecule has 0 saturated carbocycles. The first-order chi connectivity index (χ1) is 23.2. The number of nitrogens with zero attached hydrogens (tertiary/aromatic N) is 1. The monoisotopic (exact) mass is 653 g/mol. The van der Waals surface area contributed by atoms with Gasteiger partial charge in [-0.1, -0.05) is 48.5 Å². The van der Waals surface area contributed by atoms with Gasteiger partial charge < -0.3 is 31.3 Å². The summed E-state index contributed by atoms with van der Waals surface area (Å²) < 4.78 is 6.11. The number of nitrogens with two attached hydrogens (primary N) is 1. The van der Waals surface area contributed by atoms with Crippen LogP contribution in [0.1, 0.15) is 67.2 Å². The molecule has 5 N–H and O–H groups in total. The number of hydrogen-bond donors (Lipinski definition) is 4. The smallest absolute Gasteiger partial charge is 0.243 e. The number of aryl methyl sites for hydroxylation is 2. The van der Waals surface area contributed by atoms with E-state index in [1.54, 1.807) is 36.1 Å². The molecule has 1 saturated heterocycles. The summed E-state index contributed by atoms with van der Waals surface area (Å²) in [6.45, 7) is 5.64. The van der Waals surface area contributed by atoms with Crippen LogP contribution in [-0.4, -0.2) is 60.3 Å². The minimum atomic E-state index is -1.17. The molecule has 4 amide bonds. The lowest BCUT2D eigenvalue weighted by atomic mass is 9.94. The highest BCUT2D eigenvalue weighted by Gasteiger charge is 2.33. The number of rotatable bonds is 6. The Labute approximate surface area is 282 Å². The van der Waals surface area contributed by atoms with Crippen molar-refractivity contribution in [2.24, 2.45) is 5.92 Å². The van der Waals surface area contributed by atoms with E-state index in [4.69, 9.17) is 10.5 Å². The number of carbonyl (C=O) groups excluding carboxylic acids is 4. The molecule has 0 spiro atoms. The van der Waals surface area contributed by atoms with Crippen molar-refractivity contribution in [3.05, 3.63) is 95.1 Å². The van der Waals surface area contributed by atoms with Crippen molar-refractivity contribution in [3.8, 4) is 5.75 Å². The fourth-order valence-corrected chi connectivity index (χ4v) is 6.35. The van der Waals surface area contributed by atoms with E-state index in [1.807, 2.05) is 55.5 Å². The maximum Gasteiger partial charge on any atom is 0.243 e. The standard InChI is InChI=1S/C38H47N5O5/c1-25-10-16-32-21-30(25)23-40-37(46)33(17-11-27-7-4-3-5-8-27)41-38(47)34(42-36(45)26(2)29-12-14-31(39)15-13-29)22-35(44)43-19-6-9-28(24-43)18-20-48-32/h3-5,7-8,10,12-16,21,26,28,33-34H,6,9,11,17-20,22-24,39H2,1-2H3,(H,40,46)(H,41,47)(H,42,45)/t26?,28?,33?,34-/m0/s1. The van der Waals surface area contributed by atoms with Crippen LogP contribution in [0.3, 0.4) is 0 Å². The van der Waals surface area contributed by atoms with E-state index >= 15 is 0 Å². The predicted octanol–water partition coefficient (Wildman–Crippen LogP) is 4.01. The minimum absolute atomic E-state index is 0.212. The summed E-state index contributed by atoms with van der Waals surface area (Å²) in [6.07, 6.45) is 3.28. The second-order valence-electron chi connectivity index (χ2n) is 13.0. The summed E-state index contributed by atoms with van der Waals surface area (Å²) >= 11 is 0. The van der Waals surface area contributed by atoms with Gasteiger partial charge in [-0.3, -0.25) is 19.2 Å². The van der Waals surface area contributed by atoms with Gasteiger partial charge in [-0.25, -0.2) is 0 Å². The van der Waals surface area contributed by atoms with Gasteiger partial charge in [0, 0.05) is 25.3 Å². The van der Waals surface area contributed by atoms with Crippen LogP contribution in [0.4, 0.5) is 5.69 Å².